The molecule has 1 aromatic carbocycles. The van der Waals surface area contributed by atoms with Crippen LogP contribution in [0.2, 0.25) is 0 Å². The molecule has 1 atom stereocenters. The lowest BCUT2D eigenvalue weighted by atomic mass is 10.1. The molecule has 0 saturated heterocycles. The van der Waals surface area contributed by atoms with Crippen molar-refractivity contribution < 1.29 is 5.11 Å². The highest BCUT2D eigenvalue weighted by Gasteiger charge is 2.13. The van der Waals surface area contributed by atoms with E-state index in [0.29, 0.717) is 0 Å². The van der Waals surface area contributed by atoms with Gasteiger partial charge in [-0.15, -0.1) is 11.3 Å². The summed E-state index contributed by atoms with van der Waals surface area (Å²) in [5, 5.41) is 15.4. The van der Waals surface area contributed by atoms with Crippen LogP contribution in [0.5, 0.6) is 0 Å². The molecule has 0 radical (unpaired) electrons. The number of hydrogen-bond acceptors (Lipinski definition) is 4. The molecule has 0 spiro atoms. The Labute approximate surface area is 115 Å². The normalized spacial score (nSPS) is 12.5. The van der Waals surface area contributed by atoms with Gasteiger partial charge in [0, 0.05) is 18.6 Å². The van der Waals surface area contributed by atoms with Crippen molar-refractivity contribution in [3.63, 3.8) is 0 Å². The van der Waals surface area contributed by atoms with E-state index < -0.39 is 6.10 Å². The second-order valence-electron chi connectivity index (χ2n) is 4.23. The van der Waals surface area contributed by atoms with Gasteiger partial charge in [0.05, 0.1) is 15.6 Å². The number of aliphatic hydroxyl groups excluding tert-OH is 1. The van der Waals surface area contributed by atoms with Crippen molar-refractivity contribution in [2.45, 2.75) is 13.0 Å². The minimum Gasteiger partial charge on any atom is -0.383 e. The van der Waals surface area contributed by atoms with Gasteiger partial charge < -0.3 is 5.11 Å². The smallest absolute Gasteiger partial charge is 0.115 e. The van der Waals surface area contributed by atoms with Crippen LogP contribution in [0.4, 0.5) is 0 Å². The molecular weight excluding hydrogens is 258 g/mol. The molecular formula is C14H13N3OS. The molecule has 0 aliphatic heterocycles. The first-order chi connectivity index (χ1) is 9.24. The van der Waals surface area contributed by atoms with Crippen LogP contribution in [0.25, 0.3) is 5.69 Å². The highest BCUT2D eigenvalue weighted by Crippen LogP contribution is 2.27. The predicted molar refractivity (Wildman–Crippen MR) is 74.5 cm³/mol. The highest BCUT2D eigenvalue weighted by molar-refractivity contribution is 7.11. The minimum atomic E-state index is -0.613. The molecule has 0 saturated carbocycles. The molecule has 96 valence electrons. The van der Waals surface area contributed by atoms with Crippen molar-refractivity contribution in [2.24, 2.45) is 0 Å². The molecule has 5 heteroatoms. The van der Waals surface area contributed by atoms with Crippen LogP contribution in [0.3, 0.4) is 0 Å². The summed E-state index contributed by atoms with van der Waals surface area (Å²) >= 11 is 1.51. The van der Waals surface area contributed by atoms with Crippen LogP contribution in [-0.4, -0.2) is 19.9 Å². The number of aliphatic hydroxyl groups is 1. The SMILES string of the molecule is Cc1ncc(C(O)c2ccc(-n3cccn3)cc2)s1. The summed E-state index contributed by atoms with van der Waals surface area (Å²) in [5.41, 5.74) is 1.83. The fraction of sp³-hybridized carbons (Fsp3) is 0.143. The van der Waals surface area contributed by atoms with E-state index in [4.69, 9.17) is 0 Å². The topological polar surface area (TPSA) is 50.9 Å². The second kappa shape index (κ2) is 4.95. The van der Waals surface area contributed by atoms with E-state index in [-0.39, 0.29) is 0 Å². The maximum Gasteiger partial charge on any atom is 0.115 e. The van der Waals surface area contributed by atoms with E-state index in [0.717, 1.165) is 21.1 Å². The number of benzene rings is 1. The first-order valence-electron chi connectivity index (χ1n) is 5.94. The van der Waals surface area contributed by atoms with Gasteiger partial charge in [-0.05, 0) is 30.7 Å². The number of aromatic nitrogens is 3. The summed E-state index contributed by atoms with van der Waals surface area (Å²) < 4.78 is 1.78. The highest BCUT2D eigenvalue weighted by atomic mass is 32.1. The summed E-state index contributed by atoms with van der Waals surface area (Å²) in [6, 6.07) is 9.59. The van der Waals surface area contributed by atoms with Gasteiger partial charge in [-0.3, -0.25) is 0 Å². The molecule has 0 amide bonds. The molecule has 0 bridgehead atoms. The van der Waals surface area contributed by atoms with E-state index in [1.54, 1.807) is 17.1 Å². The van der Waals surface area contributed by atoms with Crippen molar-refractivity contribution in [1.29, 1.82) is 0 Å². The van der Waals surface area contributed by atoms with Crippen molar-refractivity contribution in [3.05, 3.63) is 64.4 Å². The molecule has 2 aromatic heterocycles. The molecule has 0 aliphatic carbocycles. The van der Waals surface area contributed by atoms with Crippen molar-refractivity contribution in [2.75, 3.05) is 0 Å². The molecule has 2 heterocycles. The van der Waals surface area contributed by atoms with Crippen LogP contribution in [0, 0.1) is 6.92 Å². The van der Waals surface area contributed by atoms with Gasteiger partial charge >= 0.3 is 0 Å². The molecule has 4 nitrogen and oxygen atoms in total. The van der Waals surface area contributed by atoms with Gasteiger partial charge in [0.2, 0.25) is 0 Å². The summed E-state index contributed by atoms with van der Waals surface area (Å²) in [5.74, 6) is 0. The zero-order valence-corrected chi connectivity index (χ0v) is 11.2. The van der Waals surface area contributed by atoms with Gasteiger partial charge in [0.1, 0.15) is 6.10 Å². The largest absolute Gasteiger partial charge is 0.383 e. The molecule has 3 rings (SSSR count). The molecule has 1 N–H and O–H groups in total. The zero-order chi connectivity index (χ0) is 13.2. The van der Waals surface area contributed by atoms with Crippen LogP contribution < -0.4 is 0 Å². The Kier molecular flexibility index (Phi) is 3.15. The third kappa shape index (κ3) is 2.43. The Morgan fingerprint density at radius 1 is 1.26 bits per heavy atom. The van der Waals surface area contributed by atoms with E-state index in [1.165, 1.54) is 11.3 Å². The van der Waals surface area contributed by atoms with E-state index >= 15 is 0 Å². The van der Waals surface area contributed by atoms with E-state index in [2.05, 4.69) is 10.1 Å². The van der Waals surface area contributed by atoms with Crippen molar-refractivity contribution >= 4 is 11.3 Å². The monoisotopic (exact) mass is 271 g/mol. The average molecular weight is 271 g/mol. The standard InChI is InChI=1S/C14H13N3OS/c1-10-15-9-13(19-10)14(18)11-3-5-12(6-4-11)17-8-2-7-16-17/h2-9,14,18H,1H3. The summed E-state index contributed by atoms with van der Waals surface area (Å²) in [7, 11) is 0. The number of thiazole rings is 1. The Balaban J connectivity index is 1.86. The van der Waals surface area contributed by atoms with Crippen LogP contribution >= 0.6 is 11.3 Å². The Morgan fingerprint density at radius 3 is 2.63 bits per heavy atom. The summed E-state index contributed by atoms with van der Waals surface area (Å²) in [6.45, 7) is 1.93. The molecule has 3 aromatic rings. The maximum absolute atomic E-state index is 10.3. The van der Waals surface area contributed by atoms with Gasteiger partial charge in [0.25, 0.3) is 0 Å². The molecule has 0 fully saturated rings. The second-order valence-corrected chi connectivity index (χ2v) is 5.49. The number of rotatable bonds is 3. The molecule has 19 heavy (non-hydrogen) atoms. The first kappa shape index (κ1) is 12.1. The zero-order valence-electron chi connectivity index (χ0n) is 10.4. The van der Waals surface area contributed by atoms with Gasteiger partial charge in [-0.1, -0.05) is 12.1 Å². The van der Waals surface area contributed by atoms with Crippen molar-refractivity contribution in [1.82, 2.24) is 14.8 Å². The lowest BCUT2D eigenvalue weighted by Crippen LogP contribution is -1.99. The molecule has 1 unspecified atom stereocenters. The minimum absolute atomic E-state index is 0.613. The maximum atomic E-state index is 10.3. The Bertz CT molecular complexity index is 658. The lowest BCUT2D eigenvalue weighted by Gasteiger charge is -2.09. The molecule has 0 aliphatic rings. The van der Waals surface area contributed by atoms with Gasteiger partial charge in [0.15, 0.2) is 0 Å². The van der Waals surface area contributed by atoms with E-state index in [1.807, 2.05) is 43.5 Å². The van der Waals surface area contributed by atoms with E-state index in [9.17, 15) is 5.11 Å². The third-order valence-electron chi connectivity index (χ3n) is 2.89. The third-order valence-corrected chi connectivity index (χ3v) is 3.85. The van der Waals surface area contributed by atoms with Crippen molar-refractivity contribution in [3.8, 4) is 5.69 Å². The fourth-order valence-electron chi connectivity index (χ4n) is 1.90. The fourth-order valence-corrected chi connectivity index (χ4v) is 2.70. The van der Waals surface area contributed by atoms with Gasteiger partial charge in [-0.2, -0.15) is 5.10 Å². The first-order valence-corrected chi connectivity index (χ1v) is 6.76. The number of aryl methyl sites for hydroxylation is 1. The van der Waals surface area contributed by atoms with Gasteiger partial charge in [-0.25, -0.2) is 9.67 Å². The summed E-state index contributed by atoms with van der Waals surface area (Å²) in [6.07, 6.45) is 4.74. The quantitative estimate of drug-likeness (QED) is 0.797. The van der Waals surface area contributed by atoms with Crippen LogP contribution in [0.1, 0.15) is 21.6 Å². The van der Waals surface area contributed by atoms with Crippen LogP contribution in [-0.2, 0) is 0 Å². The lowest BCUT2D eigenvalue weighted by molar-refractivity contribution is 0.224. The Hall–Kier alpha value is -1.98. The van der Waals surface area contributed by atoms with Crippen LogP contribution in [0.15, 0.2) is 48.9 Å². The number of nitrogens with zero attached hydrogens (tertiary/aromatic N) is 3. The predicted octanol–water partition coefficient (Wildman–Crippen LogP) is 2.72. The number of hydrogen-bond donors (Lipinski definition) is 1. The average Bonchev–Trinajstić information content (AvgIpc) is 3.09. The summed E-state index contributed by atoms with van der Waals surface area (Å²) in [4.78, 5) is 5.03. The Morgan fingerprint density at radius 2 is 2.05 bits per heavy atom.